The van der Waals surface area contributed by atoms with Crippen LogP contribution in [0.3, 0.4) is 0 Å². The molecule has 2 N–H and O–H groups in total. The van der Waals surface area contributed by atoms with Gasteiger partial charge in [0.05, 0.1) is 21.9 Å². The van der Waals surface area contributed by atoms with Gasteiger partial charge in [-0.2, -0.15) is 5.10 Å². The molecule has 2 aromatic rings. The van der Waals surface area contributed by atoms with Crippen molar-refractivity contribution in [1.29, 1.82) is 0 Å². The molecule has 116 valence electrons. The molecule has 0 unspecified atom stereocenters. The Morgan fingerprint density at radius 2 is 2.09 bits per heavy atom. The van der Waals surface area contributed by atoms with Crippen molar-refractivity contribution in [3.05, 3.63) is 50.7 Å². The van der Waals surface area contributed by atoms with Gasteiger partial charge in [0.1, 0.15) is 6.54 Å². The zero-order valence-electron chi connectivity index (χ0n) is 11.4. The van der Waals surface area contributed by atoms with Crippen molar-refractivity contribution in [2.24, 2.45) is 10.9 Å². The average Bonchev–Trinajstić information content (AvgIpc) is 2.77. The highest BCUT2D eigenvalue weighted by Crippen LogP contribution is 2.20. The van der Waals surface area contributed by atoms with Gasteiger partial charge >= 0.3 is 5.97 Å². The molecule has 0 aliphatic carbocycles. The molecule has 0 saturated carbocycles. The first kappa shape index (κ1) is 16.6. The van der Waals surface area contributed by atoms with E-state index in [2.05, 4.69) is 10.3 Å². The summed E-state index contributed by atoms with van der Waals surface area (Å²) in [6.07, 6.45) is 1.44. The fourth-order valence-electron chi connectivity index (χ4n) is 1.58. The Morgan fingerprint density at radius 1 is 1.36 bits per heavy atom. The van der Waals surface area contributed by atoms with Crippen LogP contribution in [0.2, 0.25) is 15.1 Å². The second-order valence-electron chi connectivity index (χ2n) is 4.30. The molecule has 9 heteroatoms. The highest BCUT2D eigenvalue weighted by Gasteiger charge is 2.11. The Morgan fingerprint density at radius 3 is 2.68 bits per heavy atom. The van der Waals surface area contributed by atoms with Crippen LogP contribution in [0.1, 0.15) is 11.3 Å². The zero-order valence-corrected chi connectivity index (χ0v) is 13.7. The van der Waals surface area contributed by atoms with E-state index in [-0.39, 0.29) is 12.4 Å². The Balaban J connectivity index is 2.04. The summed E-state index contributed by atoms with van der Waals surface area (Å²) in [6.45, 7) is 1.59. The molecule has 0 atom stereocenters. The topological polar surface area (TPSA) is 82.5 Å². The lowest BCUT2D eigenvalue weighted by molar-refractivity contribution is -0.144. The maximum absolute atomic E-state index is 11.7. The summed E-state index contributed by atoms with van der Waals surface area (Å²) in [4.78, 5) is 16.4. The van der Waals surface area contributed by atoms with Gasteiger partial charge in [0.2, 0.25) is 0 Å². The number of hydrogen-bond donors (Lipinski definition) is 1. The molecule has 1 aromatic carbocycles. The molecular formula is C13H11Cl3N4O2. The van der Waals surface area contributed by atoms with Gasteiger partial charge in [-0.05, 0) is 25.1 Å². The SMILES string of the molecule is Cc1c(Cl)cnn1CC(=O)O/N=C(\N)c1ccc(Cl)cc1Cl. The van der Waals surface area contributed by atoms with Crippen LogP contribution < -0.4 is 5.73 Å². The van der Waals surface area contributed by atoms with E-state index in [1.54, 1.807) is 19.1 Å². The van der Waals surface area contributed by atoms with Gasteiger partial charge in [-0.3, -0.25) is 4.68 Å². The van der Waals surface area contributed by atoms with Gasteiger partial charge < -0.3 is 10.6 Å². The minimum absolute atomic E-state index is 0.0368. The van der Waals surface area contributed by atoms with E-state index >= 15 is 0 Å². The predicted molar refractivity (Wildman–Crippen MR) is 85.3 cm³/mol. The first-order valence-corrected chi connectivity index (χ1v) is 7.18. The van der Waals surface area contributed by atoms with Gasteiger partial charge in [0.15, 0.2) is 5.84 Å². The van der Waals surface area contributed by atoms with Crippen molar-refractivity contribution in [3.8, 4) is 0 Å². The number of amidine groups is 1. The van der Waals surface area contributed by atoms with E-state index in [4.69, 9.17) is 45.4 Å². The van der Waals surface area contributed by atoms with E-state index in [0.717, 1.165) is 0 Å². The number of benzene rings is 1. The lowest BCUT2D eigenvalue weighted by Gasteiger charge is -2.05. The van der Waals surface area contributed by atoms with Crippen LogP contribution in [0.25, 0.3) is 0 Å². The number of oxime groups is 1. The van der Waals surface area contributed by atoms with Crippen LogP contribution in [-0.2, 0) is 16.2 Å². The first-order chi connectivity index (χ1) is 10.4. The summed E-state index contributed by atoms with van der Waals surface area (Å²) >= 11 is 17.6. The number of carbonyl (C=O) groups is 1. The van der Waals surface area contributed by atoms with Gasteiger partial charge in [0.25, 0.3) is 0 Å². The fourth-order valence-corrected chi connectivity index (χ4v) is 2.23. The number of rotatable bonds is 4. The minimum Gasteiger partial charge on any atom is -0.380 e. The Kier molecular flexibility index (Phi) is 5.28. The van der Waals surface area contributed by atoms with Crippen molar-refractivity contribution >= 4 is 46.6 Å². The Bertz CT molecular complexity index is 743. The number of nitrogens with zero attached hydrogens (tertiary/aromatic N) is 3. The summed E-state index contributed by atoms with van der Waals surface area (Å²) in [5.41, 5.74) is 6.79. The summed E-state index contributed by atoms with van der Waals surface area (Å²) in [6, 6.07) is 4.69. The third-order valence-electron chi connectivity index (χ3n) is 2.78. The molecule has 0 saturated heterocycles. The van der Waals surface area contributed by atoms with E-state index in [1.165, 1.54) is 16.9 Å². The maximum atomic E-state index is 11.7. The fraction of sp³-hybridized carbons (Fsp3) is 0.154. The number of carbonyl (C=O) groups excluding carboxylic acids is 1. The lowest BCUT2D eigenvalue weighted by Crippen LogP contribution is -2.18. The standard InChI is InChI=1S/C13H11Cl3N4O2/c1-7-11(16)5-18-20(7)6-12(21)22-19-13(17)9-3-2-8(14)4-10(9)15/h2-5H,6H2,1H3,(H2,17,19). The summed E-state index contributed by atoms with van der Waals surface area (Å²) in [7, 11) is 0. The molecule has 0 bridgehead atoms. The van der Waals surface area contributed by atoms with Crippen LogP contribution in [0.5, 0.6) is 0 Å². The molecule has 1 heterocycles. The number of halogens is 3. The molecule has 0 fully saturated rings. The Labute approximate surface area is 141 Å². The maximum Gasteiger partial charge on any atom is 0.356 e. The van der Waals surface area contributed by atoms with Gasteiger partial charge in [0, 0.05) is 10.6 Å². The quantitative estimate of drug-likeness (QED) is 0.393. The smallest absolute Gasteiger partial charge is 0.356 e. The van der Waals surface area contributed by atoms with Crippen LogP contribution in [0.15, 0.2) is 29.6 Å². The van der Waals surface area contributed by atoms with Gasteiger partial charge in [-0.1, -0.05) is 40.0 Å². The molecule has 0 spiro atoms. The van der Waals surface area contributed by atoms with E-state index < -0.39 is 5.97 Å². The Hall–Kier alpha value is -1.76. The predicted octanol–water partition coefficient (Wildman–Crippen LogP) is 3.02. The van der Waals surface area contributed by atoms with Crippen LogP contribution in [0.4, 0.5) is 0 Å². The van der Waals surface area contributed by atoms with Crippen molar-refractivity contribution in [2.45, 2.75) is 13.5 Å². The first-order valence-electron chi connectivity index (χ1n) is 6.05. The molecule has 0 amide bonds. The molecule has 2 rings (SSSR count). The van der Waals surface area contributed by atoms with Crippen molar-refractivity contribution in [1.82, 2.24) is 9.78 Å². The summed E-state index contributed by atoms with van der Waals surface area (Å²) in [5, 5.41) is 8.72. The molecule has 1 aromatic heterocycles. The third-order valence-corrected chi connectivity index (χ3v) is 3.69. The molecule has 0 radical (unpaired) electrons. The van der Waals surface area contributed by atoms with Crippen molar-refractivity contribution in [2.75, 3.05) is 0 Å². The van der Waals surface area contributed by atoms with E-state index in [0.29, 0.717) is 26.3 Å². The van der Waals surface area contributed by atoms with Crippen LogP contribution in [-0.4, -0.2) is 21.6 Å². The molecule has 0 aliphatic rings. The van der Waals surface area contributed by atoms with Crippen LogP contribution >= 0.6 is 34.8 Å². The minimum atomic E-state index is -0.643. The van der Waals surface area contributed by atoms with Gasteiger partial charge in [-0.25, -0.2) is 4.79 Å². The molecular weight excluding hydrogens is 351 g/mol. The number of hydrogen-bond acceptors (Lipinski definition) is 4. The molecule has 0 aliphatic heterocycles. The highest BCUT2D eigenvalue weighted by atomic mass is 35.5. The largest absolute Gasteiger partial charge is 0.380 e. The summed E-state index contributed by atoms with van der Waals surface area (Å²) < 4.78 is 1.39. The monoisotopic (exact) mass is 360 g/mol. The second kappa shape index (κ2) is 7.00. The third kappa shape index (κ3) is 3.91. The van der Waals surface area contributed by atoms with E-state index in [9.17, 15) is 4.79 Å². The lowest BCUT2D eigenvalue weighted by atomic mass is 10.2. The van der Waals surface area contributed by atoms with Gasteiger partial charge in [-0.15, -0.1) is 0 Å². The zero-order chi connectivity index (χ0) is 16.3. The number of aromatic nitrogens is 2. The summed E-state index contributed by atoms with van der Waals surface area (Å²) in [5.74, 6) is -0.680. The molecule has 6 nitrogen and oxygen atoms in total. The highest BCUT2D eigenvalue weighted by molar-refractivity contribution is 6.36. The average molecular weight is 362 g/mol. The van der Waals surface area contributed by atoms with Crippen LogP contribution in [0, 0.1) is 6.92 Å². The normalized spacial score (nSPS) is 11.5. The second-order valence-corrected chi connectivity index (χ2v) is 5.55. The van der Waals surface area contributed by atoms with E-state index in [1.807, 2.05) is 0 Å². The van der Waals surface area contributed by atoms with Crippen molar-refractivity contribution in [3.63, 3.8) is 0 Å². The van der Waals surface area contributed by atoms with Crippen molar-refractivity contribution < 1.29 is 9.63 Å². The molecule has 22 heavy (non-hydrogen) atoms. The number of nitrogens with two attached hydrogens (primary N) is 1.